The van der Waals surface area contributed by atoms with E-state index in [2.05, 4.69) is 13.0 Å². The Balaban J connectivity index is 1.98. The second-order valence-corrected chi connectivity index (χ2v) is 4.93. The highest BCUT2D eigenvalue weighted by atomic mass is 16.5. The summed E-state index contributed by atoms with van der Waals surface area (Å²) in [5, 5.41) is 0. The van der Waals surface area contributed by atoms with Crippen molar-refractivity contribution in [2.24, 2.45) is 11.7 Å². The molecule has 0 radical (unpaired) electrons. The highest BCUT2D eigenvalue weighted by molar-refractivity contribution is 5.14. The zero-order valence-electron chi connectivity index (χ0n) is 9.74. The van der Waals surface area contributed by atoms with Gasteiger partial charge in [-0.25, -0.2) is 0 Å². The third-order valence-electron chi connectivity index (χ3n) is 3.90. The summed E-state index contributed by atoms with van der Waals surface area (Å²) in [6.45, 7) is 3.06. The van der Waals surface area contributed by atoms with Crippen LogP contribution in [0.3, 0.4) is 0 Å². The van der Waals surface area contributed by atoms with Crippen LogP contribution in [-0.4, -0.2) is 18.8 Å². The van der Waals surface area contributed by atoms with Crippen molar-refractivity contribution in [2.75, 3.05) is 6.61 Å². The SMILES string of the molecule is CC1OCCC1C(N)C1=CCCCCC1. The molecular formula is C13H23NO. The van der Waals surface area contributed by atoms with E-state index in [-0.39, 0.29) is 6.04 Å². The van der Waals surface area contributed by atoms with E-state index in [1.165, 1.54) is 37.7 Å². The molecule has 2 rings (SSSR count). The van der Waals surface area contributed by atoms with Gasteiger partial charge in [0, 0.05) is 18.6 Å². The molecule has 0 aromatic rings. The molecule has 2 nitrogen and oxygen atoms in total. The molecule has 1 aliphatic carbocycles. The first kappa shape index (κ1) is 11.2. The van der Waals surface area contributed by atoms with Crippen molar-refractivity contribution in [1.82, 2.24) is 0 Å². The molecule has 3 atom stereocenters. The maximum absolute atomic E-state index is 6.37. The molecule has 0 bridgehead atoms. The summed E-state index contributed by atoms with van der Waals surface area (Å²) in [6.07, 6.45) is 10.3. The van der Waals surface area contributed by atoms with Crippen LogP contribution in [0.4, 0.5) is 0 Å². The first-order valence-corrected chi connectivity index (χ1v) is 6.35. The Bertz CT molecular complexity index is 237. The van der Waals surface area contributed by atoms with Gasteiger partial charge in [-0.1, -0.05) is 18.1 Å². The van der Waals surface area contributed by atoms with Crippen LogP contribution in [0.1, 0.15) is 45.4 Å². The predicted octanol–water partition coefficient (Wildman–Crippen LogP) is 2.63. The molecule has 0 spiro atoms. The molecule has 0 aromatic heterocycles. The van der Waals surface area contributed by atoms with Gasteiger partial charge in [0.05, 0.1) is 6.10 Å². The Hall–Kier alpha value is -0.340. The zero-order valence-corrected chi connectivity index (χ0v) is 9.74. The minimum atomic E-state index is 0.251. The van der Waals surface area contributed by atoms with E-state index in [0.717, 1.165) is 13.0 Å². The summed E-state index contributed by atoms with van der Waals surface area (Å²) < 4.78 is 5.60. The molecule has 3 unspecified atom stereocenters. The second kappa shape index (κ2) is 5.13. The number of allylic oxidation sites excluding steroid dienone is 1. The molecule has 0 amide bonds. The van der Waals surface area contributed by atoms with Crippen molar-refractivity contribution in [2.45, 2.75) is 57.6 Å². The molecule has 1 saturated heterocycles. The van der Waals surface area contributed by atoms with Gasteiger partial charge in [0.15, 0.2) is 0 Å². The van der Waals surface area contributed by atoms with E-state index in [1.54, 1.807) is 0 Å². The smallest absolute Gasteiger partial charge is 0.0593 e. The fourth-order valence-corrected chi connectivity index (χ4v) is 2.84. The number of nitrogens with two attached hydrogens (primary N) is 1. The summed E-state index contributed by atoms with van der Waals surface area (Å²) in [5.74, 6) is 0.550. The fourth-order valence-electron chi connectivity index (χ4n) is 2.84. The van der Waals surface area contributed by atoms with Crippen molar-refractivity contribution < 1.29 is 4.74 Å². The van der Waals surface area contributed by atoms with Crippen LogP contribution in [0.2, 0.25) is 0 Å². The maximum Gasteiger partial charge on any atom is 0.0593 e. The Morgan fingerprint density at radius 3 is 3.00 bits per heavy atom. The largest absolute Gasteiger partial charge is 0.378 e. The van der Waals surface area contributed by atoms with Crippen molar-refractivity contribution in [3.05, 3.63) is 11.6 Å². The molecule has 2 aliphatic rings. The topological polar surface area (TPSA) is 35.2 Å². The van der Waals surface area contributed by atoms with E-state index in [1.807, 2.05) is 0 Å². The van der Waals surface area contributed by atoms with Gasteiger partial charge in [-0.05, 0) is 39.0 Å². The van der Waals surface area contributed by atoms with Gasteiger partial charge in [-0.2, -0.15) is 0 Å². The van der Waals surface area contributed by atoms with Crippen molar-refractivity contribution >= 4 is 0 Å². The summed E-state index contributed by atoms with van der Waals surface area (Å²) in [7, 11) is 0. The minimum absolute atomic E-state index is 0.251. The summed E-state index contributed by atoms with van der Waals surface area (Å²) in [6, 6.07) is 0.251. The number of hydrogen-bond acceptors (Lipinski definition) is 2. The minimum Gasteiger partial charge on any atom is -0.378 e. The molecule has 86 valence electrons. The Morgan fingerprint density at radius 1 is 1.40 bits per heavy atom. The molecule has 2 N–H and O–H groups in total. The molecule has 1 heterocycles. The van der Waals surface area contributed by atoms with Crippen LogP contribution in [-0.2, 0) is 4.74 Å². The van der Waals surface area contributed by atoms with Crippen LogP contribution < -0.4 is 5.73 Å². The summed E-state index contributed by atoms with van der Waals surface area (Å²) in [4.78, 5) is 0. The molecule has 0 saturated carbocycles. The molecule has 15 heavy (non-hydrogen) atoms. The van der Waals surface area contributed by atoms with Crippen LogP contribution >= 0.6 is 0 Å². The van der Waals surface area contributed by atoms with Crippen molar-refractivity contribution in [3.8, 4) is 0 Å². The molecular weight excluding hydrogens is 186 g/mol. The summed E-state index contributed by atoms with van der Waals surface area (Å²) >= 11 is 0. The van der Waals surface area contributed by atoms with Crippen molar-refractivity contribution in [3.63, 3.8) is 0 Å². The highest BCUT2D eigenvalue weighted by Gasteiger charge is 2.31. The van der Waals surface area contributed by atoms with Crippen molar-refractivity contribution in [1.29, 1.82) is 0 Å². The average Bonchev–Trinajstić information content (AvgIpc) is 2.53. The molecule has 1 aliphatic heterocycles. The maximum atomic E-state index is 6.37. The van der Waals surface area contributed by atoms with Crippen LogP contribution in [0.5, 0.6) is 0 Å². The van der Waals surface area contributed by atoms with Gasteiger partial charge < -0.3 is 10.5 Å². The first-order chi connectivity index (χ1) is 7.29. The van der Waals surface area contributed by atoms with E-state index in [0.29, 0.717) is 12.0 Å². The van der Waals surface area contributed by atoms with Gasteiger partial charge >= 0.3 is 0 Å². The third kappa shape index (κ3) is 2.61. The Labute approximate surface area is 92.9 Å². The second-order valence-electron chi connectivity index (χ2n) is 4.93. The highest BCUT2D eigenvalue weighted by Crippen LogP contribution is 2.29. The molecule has 2 heteroatoms. The number of ether oxygens (including phenoxy) is 1. The monoisotopic (exact) mass is 209 g/mol. The van der Waals surface area contributed by atoms with Crippen LogP contribution in [0.15, 0.2) is 11.6 Å². The fraction of sp³-hybridized carbons (Fsp3) is 0.846. The van der Waals surface area contributed by atoms with E-state index < -0.39 is 0 Å². The Kier molecular flexibility index (Phi) is 3.81. The van der Waals surface area contributed by atoms with E-state index in [4.69, 9.17) is 10.5 Å². The van der Waals surface area contributed by atoms with Gasteiger partial charge in [-0.15, -0.1) is 0 Å². The average molecular weight is 209 g/mol. The van der Waals surface area contributed by atoms with Crippen LogP contribution in [0.25, 0.3) is 0 Å². The predicted molar refractivity (Wildman–Crippen MR) is 62.7 cm³/mol. The quantitative estimate of drug-likeness (QED) is 0.710. The number of hydrogen-bond donors (Lipinski definition) is 1. The standard InChI is InChI=1S/C13H23NO/c1-10-12(8-9-15-10)13(14)11-6-4-2-3-5-7-11/h6,10,12-13H,2-5,7-9,14H2,1H3. The zero-order chi connectivity index (χ0) is 10.7. The number of rotatable bonds is 2. The van der Waals surface area contributed by atoms with Gasteiger partial charge in [-0.3, -0.25) is 0 Å². The lowest BCUT2D eigenvalue weighted by atomic mass is 9.87. The van der Waals surface area contributed by atoms with Crippen LogP contribution in [0, 0.1) is 5.92 Å². The van der Waals surface area contributed by atoms with Gasteiger partial charge in [0.1, 0.15) is 0 Å². The third-order valence-corrected chi connectivity index (χ3v) is 3.90. The van der Waals surface area contributed by atoms with E-state index in [9.17, 15) is 0 Å². The normalized spacial score (nSPS) is 34.7. The van der Waals surface area contributed by atoms with Gasteiger partial charge in [0.25, 0.3) is 0 Å². The first-order valence-electron chi connectivity index (χ1n) is 6.35. The van der Waals surface area contributed by atoms with Gasteiger partial charge in [0.2, 0.25) is 0 Å². The Morgan fingerprint density at radius 2 is 2.27 bits per heavy atom. The lowest BCUT2D eigenvalue weighted by molar-refractivity contribution is 0.102. The lowest BCUT2D eigenvalue weighted by Gasteiger charge is -2.24. The molecule has 0 aromatic carbocycles. The van der Waals surface area contributed by atoms with E-state index >= 15 is 0 Å². The summed E-state index contributed by atoms with van der Waals surface area (Å²) in [5.41, 5.74) is 7.86. The lowest BCUT2D eigenvalue weighted by Crippen LogP contribution is -2.35. The molecule has 1 fully saturated rings.